The lowest BCUT2D eigenvalue weighted by atomic mass is 9.92. The van der Waals surface area contributed by atoms with Crippen molar-refractivity contribution in [2.45, 2.75) is 25.3 Å². The van der Waals surface area contributed by atoms with Crippen molar-refractivity contribution in [1.82, 2.24) is 20.0 Å². The van der Waals surface area contributed by atoms with Crippen LogP contribution in [-0.4, -0.2) is 65.3 Å². The summed E-state index contributed by atoms with van der Waals surface area (Å²) in [5, 5.41) is 8.05. The fourth-order valence-electron chi connectivity index (χ4n) is 4.52. The standard InChI is InChI=1S/C22H25FN4O3/c23-17-3-4-20-16(10-17)11-18(30-20)14-26-5-1-2-15(13-26)21-19(12-24-25-21)22(28)27-6-8-29-9-7-27/h3-4,10-12,15H,1-2,5-9,13-14H2,(H,24,25). The Bertz CT molecular complexity index is 1040. The monoisotopic (exact) mass is 412 g/mol. The fourth-order valence-corrected chi connectivity index (χ4v) is 4.52. The van der Waals surface area contributed by atoms with E-state index in [4.69, 9.17) is 9.15 Å². The van der Waals surface area contributed by atoms with Gasteiger partial charge in [-0.15, -0.1) is 0 Å². The summed E-state index contributed by atoms with van der Waals surface area (Å²) in [4.78, 5) is 17.1. The molecule has 7 nitrogen and oxygen atoms in total. The molecule has 2 fully saturated rings. The maximum atomic E-state index is 13.5. The lowest BCUT2D eigenvalue weighted by Crippen LogP contribution is -2.41. The number of hydrogen-bond acceptors (Lipinski definition) is 5. The van der Waals surface area contributed by atoms with Gasteiger partial charge in [0.2, 0.25) is 0 Å². The highest BCUT2D eigenvalue weighted by Crippen LogP contribution is 2.30. The van der Waals surface area contributed by atoms with Gasteiger partial charge in [-0.05, 0) is 43.7 Å². The molecule has 2 aromatic heterocycles. The molecule has 2 aliphatic rings. The van der Waals surface area contributed by atoms with E-state index in [1.165, 1.54) is 12.1 Å². The smallest absolute Gasteiger partial charge is 0.257 e. The number of benzene rings is 1. The quantitative estimate of drug-likeness (QED) is 0.713. The molecular weight excluding hydrogens is 387 g/mol. The van der Waals surface area contributed by atoms with Crippen LogP contribution in [-0.2, 0) is 11.3 Å². The number of fused-ring (bicyclic) bond motifs is 1. The Kier molecular flexibility index (Phi) is 5.26. The van der Waals surface area contributed by atoms with Crippen LogP contribution in [0.4, 0.5) is 4.39 Å². The van der Waals surface area contributed by atoms with Crippen LogP contribution in [0.2, 0.25) is 0 Å². The normalized spacial score (nSPS) is 20.7. The van der Waals surface area contributed by atoms with Crippen molar-refractivity contribution >= 4 is 16.9 Å². The number of nitrogens with zero attached hydrogens (tertiary/aromatic N) is 3. The first-order valence-corrected chi connectivity index (χ1v) is 10.5. The molecule has 1 unspecified atom stereocenters. The number of H-pyrrole nitrogens is 1. The first-order valence-electron chi connectivity index (χ1n) is 10.5. The van der Waals surface area contributed by atoms with Crippen LogP contribution in [0.3, 0.4) is 0 Å². The van der Waals surface area contributed by atoms with Crippen LogP contribution in [0.5, 0.6) is 0 Å². The number of carbonyl (C=O) groups is 1. The molecular formula is C22H25FN4O3. The van der Waals surface area contributed by atoms with E-state index in [9.17, 15) is 9.18 Å². The summed E-state index contributed by atoms with van der Waals surface area (Å²) < 4.78 is 24.7. The molecule has 1 N–H and O–H groups in total. The van der Waals surface area contributed by atoms with E-state index < -0.39 is 0 Å². The maximum absolute atomic E-state index is 13.5. The van der Waals surface area contributed by atoms with Gasteiger partial charge in [0.1, 0.15) is 17.2 Å². The largest absolute Gasteiger partial charge is 0.460 e. The summed E-state index contributed by atoms with van der Waals surface area (Å²) in [5.74, 6) is 0.802. The SMILES string of the molecule is O=C(c1cn[nH]c1C1CCCN(Cc2cc3cc(F)ccc3o2)C1)N1CCOCC1. The second-order valence-electron chi connectivity index (χ2n) is 8.07. The highest BCUT2D eigenvalue weighted by atomic mass is 19.1. The van der Waals surface area contributed by atoms with Crippen molar-refractivity contribution < 1.29 is 18.3 Å². The third-order valence-electron chi connectivity index (χ3n) is 6.02. The lowest BCUT2D eigenvalue weighted by Gasteiger charge is -2.32. The van der Waals surface area contributed by atoms with Gasteiger partial charge in [-0.1, -0.05) is 0 Å². The van der Waals surface area contributed by atoms with Crippen molar-refractivity contribution in [3.05, 3.63) is 53.3 Å². The van der Waals surface area contributed by atoms with Crippen LogP contribution in [0.15, 0.2) is 34.9 Å². The van der Waals surface area contributed by atoms with Gasteiger partial charge in [0.15, 0.2) is 0 Å². The number of rotatable bonds is 4. The van der Waals surface area contributed by atoms with E-state index in [-0.39, 0.29) is 17.6 Å². The highest BCUT2D eigenvalue weighted by Gasteiger charge is 2.29. The van der Waals surface area contributed by atoms with E-state index >= 15 is 0 Å². The first kappa shape index (κ1) is 19.3. The molecule has 2 aliphatic heterocycles. The van der Waals surface area contributed by atoms with Gasteiger partial charge in [-0.25, -0.2) is 4.39 Å². The maximum Gasteiger partial charge on any atom is 0.257 e. The highest BCUT2D eigenvalue weighted by molar-refractivity contribution is 5.95. The van der Waals surface area contributed by atoms with E-state index in [1.807, 2.05) is 11.0 Å². The Labute approximate surface area is 173 Å². The Morgan fingerprint density at radius 3 is 2.97 bits per heavy atom. The van der Waals surface area contributed by atoms with Crippen molar-refractivity contribution in [2.75, 3.05) is 39.4 Å². The average molecular weight is 412 g/mol. The third kappa shape index (κ3) is 3.85. The minimum absolute atomic E-state index is 0.0264. The molecule has 0 radical (unpaired) electrons. The van der Waals surface area contributed by atoms with Gasteiger partial charge >= 0.3 is 0 Å². The van der Waals surface area contributed by atoms with Crippen molar-refractivity contribution in [3.63, 3.8) is 0 Å². The summed E-state index contributed by atoms with van der Waals surface area (Å²) >= 11 is 0. The number of aromatic nitrogens is 2. The summed E-state index contributed by atoms with van der Waals surface area (Å²) in [6.45, 7) is 4.84. The van der Waals surface area contributed by atoms with Crippen molar-refractivity contribution in [1.29, 1.82) is 0 Å². The summed E-state index contributed by atoms with van der Waals surface area (Å²) in [5.41, 5.74) is 2.29. The number of morpholine rings is 1. The Morgan fingerprint density at radius 2 is 2.10 bits per heavy atom. The number of halogens is 1. The number of likely N-dealkylation sites (tertiary alicyclic amines) is 1. The van der Waals surface area contributed by atoms with Crippen molar-refractivity contribution in [2.24, 2.45) is 0 Å². The van der Waals surface area contributed by atoms with Crippen molar-refractivity contribution in [3.8, 4) is 0 Å². The van der Waals surface area contributed by atoms with Gasteiger partial charge in [0, 0.05) is 30.9 Å². The molecule has 8 heteroatoms. The van der Waals surface area contributed by atoms with Gasteiger partial charge in [-0.3, -0.25) is 14.8 Å². The third-order valence-corrected chi connectivity index (χ3v) is 6.02. The van der Waals surface area contributed by atoms with E-state index in [0.717, 1.165) is 42.8 Å². The van der Waals surface area contributed by atoms with Crippen LogP contribution < -0.4 is 0 Å². The second kappa shape index (κ2) is 8.20. The number of furan rings is 1. The zero-order valence-corrected chi connectivity index (χ0v) is 16.8. The number of ether oxygens (including phenoxy) is 1. The minimum Gasteiger partial charge on any atom is -0.460 e. The van der Waals surface area contributed by atoms with E-state index in [0.29, 0.717) is 44.0 Å². The molecule has 4 heterocycles. The van der Waals surface area contributed by atoms with Gasteiger partial charge < -0.3 is 14.1 Å². The topological polar surface area (TPSA) is 74.6 Å². The van der Waals surface area contributed by atoms with Crippen LogP contribution >= 0.6 is 0 Å². The van der Waals surface area contributed by atoms with Gasteiger partial charge in [-0.2, -0.15) is 5.10 Å². The number of hydrogen-bond donors (Lipinski definition) is 1. The summed E-state index contributed by atoms with van der Waals surface area (Å²) in [6, 6.07) is 6.49. The Hall–Kier alpha value is -2.71. The zero-order valence-electron chi connectivity index (χ0n) is 16.8. The Balaban J connectivity index is 1.29. The minimum atomic E-state index is -0.260. The fraction of sp³-hybridized carbons (Fsp3) is 0.455. The molecule has 3 aromatic rings. The molecule has 0 saturated carbocycles. The predicted molar refractivity (Wildman–Crippen MR) is 109 cm³/mol. The van der Waals surface area contributed by atoms with Crippen LogP contribution in [0.1, 0.15) is 40.6 Å². The molecule has 1 aromatic carbocycles. The van der Waals surface area contributed by atoms with Gasteiger partial charge in [0.25, 0.3) is 5.91 Å². The number of carbonyl (C=O) groups excluding carboxylic acids is 1. The number of piperidine rings is 1. The molecule has 0 spiro atoms. The molecule has 0 bridgehead atoms. The number of nitrogens with one attached hydrogen (secondary N) is 1. The number of amides is 1. The second-order valence-corrected chi connectivity index (χ2v) is 8.07. The molecule has 30 heavy (non-hydrogen) atoms. The molecule has 1 atom stereocenters. The molecule has 0 aliphatic carbocycles. The number of aromatic amines is 1. The first-order chi connectivity index (χ1) is 14.7. The summed E-state index contributed by atoms with van der Waals surface area (Å²) in [7, 11) is 0. The zero-order chi connectivity index (χ0) is 20.5. The lowest BCUT2D eigenvalue weighted by molar-refractivity contribution is 0.0301. The molecule has 5 rings (SSSR count). The van der Waals surface area contributed by atoms with Gasteiger partial charge in [0.05, 0.1) is 37.2 Å². The van der Waals surface area contributed by atoms with E-state index in [2.05, 4.69) is 15.1 Å². The van der Waals surface area contributed by atoms with Crippen LogP contribution in [0, 0.1) is 5.82 Å². The predicted octanol–water partition coefficient (Wildman–Crippen LogP) is 3.15. The molecule has 158 valence electrons. The molecule has 1 amide bonds. The summed E-state index contributed by atoms with van der Waals surface area (Å²) in [6.07, 6.45) is 3.69. The van der Waals surface area contributed by atoms with E-state index in [1.54, 1.807) is 12.3 Å². The van der Waals surface area contributed by atoms with Crippen LogP contribution in [0.25, 0.3) is 11.0 Å². The average Bonchev–Trinajstić information content (AvgIpc) is 3.40. The Morgan fingerprint density at radius 1 is 1.23 bits per heavy atom. The molecule has 2 saturated heterocycles.